The molecule has 0 fully saturated rings. The predicted octanol–water partition coefficient (Wildman–Crippen LogP) is 2.21. The van der Waals surface area contributed by atoms with Crippen molar-refractivity contribution in [3.63, 3.8) is 0 Å². The van der Waals surface area contributed by atoms with E-state index in [-0.39, 0.29) is 11.8 Å². The molecule has 1 aromatic carbocycles. The third-order valence-electron chi connectivity index (χ3n) is 2.64. The van der Waals surface area contributed by atoms with Crippen LogP contribution in [0.3, 0.4) is 0 Å². The van der Waals surface area contributed by atoms with Gasteiger partial charge in [-0.2, -0.15) is 0 Å². The van der Waals surface area contributed by atoms with Crippen LogP contribution in [0.1, 0.15) is 26.3 Å². The van der Waals surface area contributed by atoms with E-state index in [1.54, 1.807) is 26.0 Å². The van der Waals surface area contributed by atoms with Gasteiger partial charge < -0.3 is 4.74 Å². The molecule has 1 unspecified atom stereocenters. The first-order valence-electron chi connectivity index (χ1n) is 5.73. The molecule has 0 saturated carbocycles. The highest BCUT2D eigenvalue weighted by Gasteiger charge is 2.35. The van der Waals surface area contributed by atoms with E-state index >= 15 is 0 Å². The van der Waals surface area contributed by atoms with Crippen molar-refractivity contribution in [1.29, 1.82) is 0 Å². The van der Waals surface area contributed by atoms with Crippen LogP contribution in [0.15, 0.2) is 24.3 Å². The van der Waals surface area contributed by atoms with Gasteiger partial charge in [-0.15, -0.1) is 0 Å². The Bertz CT molecular complexity index is 378. The Kier molecular flexibility index (Phi) is 4.63. The average molecular weight is 239 g/mol. The number of nitrogens with one attached hydrogen (secondary N) is 1. The quantitative estimate of drug-likeness (QED) is 0.801. The summed E-state index contributed by atoms with van der Waals surface area (Å²) in [6, 6.07) is 5.86. The van der Waals surface area contributed by atoms with Crippen molar-refractivity contribution in [2.75, 3.05) is 13.2 Å². The van der Waals surface area contributed by atoms with Crippen LogP contribution < -0.4 is 5.32 Å². The van der Waals surface area contributed by atoms with Gasteiger partial charge in [-0.05, 0) is 38.1 Å². The molecule has 1 atom stereocenters. The van der Waals surface area contributed by atoms with Crippen LogP contribution in [-0.4, -0.2) is 19.1 Å². The highest BCUT2D eigenvalue weighted by atomic mass is 19.1. The van der Waals surface area contributed by atoms with Gasteiger partial charge in [0.25, 0.3) is 0 Å². The van der Waals surface area contributed by atoms with E-state index in [0.29, 0.717) is 18.7 Å². The van der Waals surface area contributed by atoms with Gasteiger partial charge in [-0.3, -0.25) is 5.32 Å². The standard InChI is InChI=1S/C13H18FNO2/c1-4-15-13(3,12(16)17-5-2)10-6-8-11(14)9-7-10/h6-9,15H,4-5H2,1-3H3. The van der Waals surface area contributed by atoms with Crippen LogP contribution in [0, 0.1) is 5.82 Å². The first-order valence-corrected chi connectivity index (χ1v) is 5.73. The minimum absolute atomic E-state index is 0.320. The van der Waals surface area contributed by atoms with E-state index in [0.717, 1.165) is 0 Å². The van der Waals surface area contributed by atoms with Crippen LogP contribution >= 0.6 is 0 Å². The summed E-state index contributed by atoms with van der Waals surface area (Å²) in [6.45, 7) is 6.34. The van der Waals surface area contributed by atoms with Crippen molar-refractivity contribution in [3.8, 4) is 0 Å². The number of carbonyl (C=O) groups is 1. The molecule has 0 saturated heterocycles. The van der Waals surface area contributed by atoms with Crippen LogP contribution in [0.4, 0.5) is 4.39 Å². The molecule has 0 radical (unpaired) electrons. The topological polar surface area (TPSA) is 38.3 Å². The van der Waals surface area contributed by atoms with Crippen molar-refractivity contribution in [1.82, 2.24) is 5.32 Å². The third kappa shape index (κ3) is 3.03. The molecule has 0 aliphatic carbocycles. The van der Waals surface area contributed by atoms with Gasteiger partial charge in [-0.25, -0.2) is 9.18 Å². The molecule has 4 heteroatoms. The minimum atomic E-state index is -0.932. The van der Waals surface area contributed by atoms with E-state index in [1.807, 2.05) is 6.92 Å². The Morgan fingerprint density at radius 3 is 2.41 bits per heavy atom. The van der Waals surface area contributed by atoms with Crippen molar-refractivity contribution in [2.24, 2.45) is 0 Å². The number of rotatable bonds is 5. The Labute approximate surface area is 101 Å². The van der Waals surface area contributed by atoms with E-state index in [2.05, 4.69) is 5.32 Å². The monoisotopic (exact) mass is 239 g/mol. The van der Waals surface area contributed by atoms with Crippen LogP contribution in [0.5, 0.6) is 0 Å². The van der Waals surface area contributed by atoms with Gasteiger partial charge in [0.05, 0.1) is 6.61 Å². The summed E-state index contributed by atoms with van der Waals surface area (Å²) < 4.78 is 17.9. The van der Waals surface area contributed by atoms with Gasteiger partial charge in [0.2, 0.25) is 0 Å². The largest absolute Gasteiger partial charge is 0.464 e. The average Bonchev–Trinajstić information content (AvgIpc) is 2.30. The number of hydrogen-bond donors (Lipinski definition) is 1. The smallest absolute Gasteiger partial charge is 0.330 e. The zero-order chi connectivity index (χ0) is 12.9. The fourth-order valence-corrected chi connectivity index (χ4v) is 1.70. The Morgan fingerprint density at radius 1 is 1.35 bits per heavy atom. The summed E-state index contributed by atoms with van der Waals surface area (Å²) in [4.78, 5) is 12.0. The zero-order valence-corrected chi connectivity index (χ0v) is 10.4. The molecule has 0 bridgehead atoms. The van der Waals surface area contributed by atoms with E-state index in [4.69, 9.17) is 4.74 Å². The number of hydrogen-bond acceptors (Lipinski definition) is 3. The molecule has 94 valence electrons. The molecular formula is C13H18FNO2. The first kappa shape index (κ1) is 13.6. The highest BCUT2D eigenvalue weighted by molar-refractivity contribution is 5.82. The number of halogens is 1. The molecule has 17 heavy (non-hydrogen) atoms. The molecule has 0 aliphatic heterocycles. The molecule has 1 N–H and O–H groups in total. The molecule has 0 spiro atoms. The molecule has 1 rings (SSSR count). The van der Waals surface area contributed by atoms with Crippen molar-refractivity contribution < 1.29 is 13.9 Å². The van der Waals surface area contributed by atoms with E-state index in [9.17, 15) is 9.18 Å². The number of benzene rings is 1. The number of carbonyl (C=O) groups excluding carboxylic acids is 1. The normalized spacial score (nSPS) is 14.1. The minimum Gasteiger partial charge on any atom is -0.464 e. The number of esters is 1. The Hall–Kier alpha value is -1.42. The number of likely N-dealkylation sites (N-methyl/N-ethyl adjacent to an activating group) is 1. The van der Waals surface area contributed by atoms with Crippen LogP contribution in [0.25, 0.3) is 0 Å². The lowest BCUT2D eigenvalue weighted by Crippen LogP contribution is -2.47. The molecule has 1 aromatic rings. The third-order valence-corrected chi connectivity index (χ3v) is 2.64. The first-order chi connectivity index (χ1) is 8.04. The molecule has 0 heterocycles. The lowest BCUT2D eigenvalue weighted by molar-refractivity contribution is -0.151. The van der Waals surface area contributed by atoms with Gasteiger partial charge in [0.1, 0.15) is 11.4 Å². The summed E-state index contributed by atoms with van der Waals surface area (Å²) in [5.74, 6) is -0.676. The van der Waals surface area contributed by atoms with E-state index < -0.39 is 5.54 Å². The lowest BCUT2D eigenvalue weighted by atomic mass is 9.92. The summed E-state index contributed by atoms with van der Waals surface area (Å²) in [5.41, 5.74) is -0.238. The fourth-order valence-electron chi connectivity index (χ4n) is 1.70. The summed E-state index contributed by atoms with van der Waals surface area (Å²) in [6.07, 6.45) is 0. The van der Waals surface area contributed by atoms with E-state index in [1.165, 1.54) is 12.1 Å². The molecule has 0 amide bonds. The predicted molar refractivity (Wildman–Crippen MR) is 64.1 cm³/mol. The summed E-state index contributed by atoms with van der Waals surface area (Å²) in [5, 5.41) is 3.08. The maximum absolute atomic E-state index is 12.9. The second-order valence-electron chi connectivity index (χ2n) is 3.88. The SMILES string of the molecule is CCNC(C)(C(=O)OCC)c1ccc(F)cc1. The lowest BCUT2D eigenvalue weighted by Gasteiger charge is -2.28. The Balaban J connectivity index is 3.06. The van der Waals surface area contributed by atoms with Crippen molar-refractivity contribution in [3.05, 3.63) is 35.6 Å². The second-order valence-corrected chi connectivity index (χ2v) is 3.88. The zero-order valence-electron chi connectivity index (χ0n) is 10.4. The fraction of sp³-hybridized carbons (Fsp3) is 0.462. The van der Waals surface area contributed by atoms with Crippen LogP contribution in [0.2, 0.25) is 0 Å². The Morgan fingerprint density at radius 2 is 1.94 bits per heavy atom. The molecule has 0 aromatic heterocycles. The summed E-state index contributed by atoms with van der Waals surface area (Å²) >= 11 is 0. The maximum Gasteiger partial charge on any atom is 0.330 e. The van der Waals surface area contributed by atoms with Gasteiger partial charge >= 0.3 is 5.97 Å². The second kappa shape index (κ2) is 5.77. The van der Waals surface area contributed by atoms with Crippen LogP contribution in [-0.2, 0) is 15.1 Å². The maximum atomic E-state index is 12.9. The number of ether oxygens (including phenoxy) is 1. The highest BCUT2D eigenvalue weighted by Crippen LogP contribution is 2.22. The van der Waals surface area contributed by atoms with Gasteiger partial charge in [-0.1, -0.05) is 19.1 Å². The van der Waals surface area contributed by atoms with Gasteiger partial charge in [0, 0.05) is 0 Å². The molecule has 0 aliphatic rings. The van der Waals surface area contributed by atoms with Crippen molar-refractivity contribution >= 4 is 5.97 Å². The molecular weight excluding hydrogens is 221 g/mol. The van der Waals surface area contributed by atoms with Gasteiger partial charge in [0.15, 0.2) is 0 Å². The summed E-state index contributed by atoms with van der Waals surface area (Å²) in [7, 11) is 0. The molecule has 3 nitrogen and oxygen atoms in total. The van der Waals surface area contributed by atoms with Crippen molar-refractivity contribution in [2.45, 2.75) is 26.3 Å².